The lowest BCUT2D eigenvalue weighted by Gasteiger charge is -2.30. The van der Waals surface area contributed by atoms with Crippen LogP contribution in [0.5, 0.6) is 0 Å². The third-order valence-electron chi connectivity index (χ3n) is 3.20. The Morgan fingerprint density at radius 1 is 1.33 bits per heavy atom. The summed E-state index contributed by atoms with van der Waals surface area (Å²) in [7, 11) is 0. The molecule has 0 bridgehead atoms. The van der Waals surface area contributed by atoms with E-state index in [1.807, 2.05) is 26.8 Å². The van der Waals surface area contributed by atoms with Crippen molar-refractivity contribution in [1.29, 1.82) is 0 Å². The molecule has 18 heavy (non-hydrogen) atoms. The molecule has 0 saturated carbocycles. The summed E-state index contributed by atoms with van der Waals surface area (Å²) >= 11 is 3.36. The minimum Gasteiger partial charge on any atom is -0.368 e. The summed E-state index contributed by atoms with van der Waals surface area (Å²) in [6.07, 6.45) is 5.22. The number of Topliss-reactive ketones (excluding diaryl/α,β-unsaturated/α-hetero) is 1. The Kier molecular flexibility index (Phi) is 5.96. The largest absolute Gasteiger partial charge is 0.368 e. The van der Waals surface area contributed by atoms with E-state index in [0.29, 0.717) is 25.9 Å². The number of carbonyl (C=O) groups is 1. The Labute approximate surface area is 117 Å². The molecule has 0 amide bonds. The van der Waals surface area contributed by atoms with Crippen LogP contribution >= 0.6 is 15.9 Å². The van der Waals surface area contributed by atoms with Gasteiger partial charge in [0.05, 0.1) is 0 Å². The Balaban J connectivity index is 2.85. The molecule has 0 aliphatic rings. The van der Waals surface area contributed by atoms with Gasteiger partial charge in [-0.15, -0.1) is 0 Å². The highest BCUT2D eigenvalue weighted by Crippen LogP contribution is 2.24. The predicted molar refractivity (Wildman–Crippen MR) is 75.6 cm³/mol. The predicted octanol–water partition coefficient (Wildman–Crippen LogP) is 3.55. The zero-order valence-electron chi connectivity index (χ0n) is 11.2. The molecule has 0 spiro atoms. The molecule has 1 aromatic heterocycles. The number of nitrogens with zero attached hydrogens (tertiary/aromatic N) is 1. The lowest BCUT2D eigenvalue weighted by Crippen LogP contribution is -2.41. The number of ketones is 1. The highest BCUT2D eigenvalue weighted by molar-refractivity contribution is 9.10. The molecule has 1 aromatic rings. The molecular formula is C14H20BrNO2. The van der Waals surface area contributed by atoms with Crippen LogP contribution in [0.2, 0.25) is 0 Å². The quantitative estimate of drug-likeness (QED) is 0.772. The molecule has 0 saturated heterocycles. The number of ether oxygens (including phenoxy) is 1. The summed E-state index contributed by atoms with van der Waals surface area (Å²) in [4.78, 5) is 16.5. The van der Waals surface area contributed by atoms with Crippen molar-refractivity contribution in [2.75, 3.05) is 6.61 Å². The third-order valence-corrected chi connectivity index (χ3v) is 3.63. The number of hydrogen-bond donors (Lipinski definition) is 0. The van der Waals surface area contributed by atoms with Gasteiger partial charge in [-0.3, -0.25) is 9.78 Å². The van der Waals surface area contributed by atoms with E-state index in [-0.39, 0.29) is 5.78 Å². The number of rotatable bonds is 7. The smallest absolute Gasteiger partial charge is 0.169 e. The number of halogens is 1. The first-order valence-electron chi connectivity index (χ1n) is 6.34. The fraction of sp³-hybridized carbons (Fsp3) is 0.571. The van der Waals surface area contributed by atoms with E-state index in [9.17, 15) is 4.79 Å². The highest BCUT2D eigenvalue weighted by Gasteiger charge is 2.34. The molecule has 0 aromatic carbocycles. The van der Waals surface area contributed by atoms with Crippen molar-refractivity contribution in [3.63, 3.8) is 0 Å². The van der Waals surface area contributed by atoms with E-state index in [2.05, 4.69) is 20.9 Å². The van der Waals surface area contributed by atoms with Crippen molar-refractivity contribution in [2.45, 2.75) is 45.6 Å². The van der Waals surface area contributed by atoms with Crippen molar-refractivity contribution in [3.05, 3.63) is 28.5 Å². The van der Waals surface area contributed by atoms with Crippen LogP contribution in [0.25, 0.3) is 0 Å². The molecule has 0 N–H and O–H groups in total. The standard InChI is InChI=1S/C14H20BrNO2/c1-4-14(5-2,18-6-3)13(17)8-11-7-12(15)10-16-9-11/h7,9-10H,4-6,8H2,1-3H3. The summed E-state index contributed by atoms with van der Waals surface area (Å²) < 4.78 is 6.60. The average Bonchev–Trinajstić information content (AvgIpc) is 2.36. The maximum absolute atomic E-state index is 12.4. The average molecular weight is 314 g/mol. The van der Waals surface area contributed by atoms with E-state index in [0.717, 1.165) is 10.0 Å². The van der Waals surface area contributed by atoms with Gasteiger partial charge in [0.15, 0.2) is 5.78 Å². The topological polar surface area (TPSA) is 39.2 Å². The molecule has 0 unspecified atom stereocenters. The summed E-state index contributed by atoms with van der Waals surface area (Å²) in [5.41, 5.74) is 0.275. The van der Waals surface area contributed by atoms with E-state index < -0.39 is 5.60 Å². The Hall–Kier alpha value is -0.740. The lowest BCUT2D eigenvalue weighted by molar-refractivity contribution is -0.144. The summed E-state index contributed by atoms with van der Waals surface area (Å²) in [6.45, 7) is 6.48. The van der Waals surface area contributed by atoms with Gasteiger partial charge in [0, 0.05) is 29.9 Å². The van der Waals surface area contributed by atoms with Crippen molar-refractivity contribution >= 4 is 21.7 Å². The van der Waals surface area contributed by atoms with Crippen LogP contribution in [-0.4, -0.2) is 23.0 Å². The molecule has 0 atom stereocenters. The van der Waals surface area contributed by atoms with E-state index >= 15 is 0 Å². The maximum Gasteiger partial charge on any atom is 0.169 e. The normalized spacial score (nSPS) is 11.6. The molecule has 0 aliphatic carbocycles. The first-order chi connectivity index (χ1) is 8.57. The monoisotopic (exact) mass is 313 g/mol. The fourth-order valence-corrected chi connectivity index (χ4v) is 2.52. The molecule has 1 rings (SSSR count). The first-order valence-corrected chi connectivity index (χ1v) is 7.14. The zero-order chi connectivity index (χ0) is 13.6. The van der Waals surface area contributed by atoms with Crippen molar-refractivity contribution in [3.8, 4) is 0 Å². The summed E-state index contributed by atoms with van der Waals surface area (Å²) in [5, 5.41) is 0. The number of hydrogen-bond acceptors (Lipinski definition) is 3. The Morgan fingerprint density at radius 2 is 2.00 bits per heavy atom. The maximum atomic E-state index is 12.4. The van der Waals surface area contributed by atoms with Crippen molar-refractivity contribution in [1.82, 2.24) is 4.98 Å². The van der Waals surface area contributed by atoms with Crippen LogP contribution in [0.3, 0.4) is 0 Å². The minimum atomic E-state index is -0.642. The lowest BCUT2D eigenvalue weighted by atomic mass is 9.88. The van der Waals surface area contributed by atoms with Crippen LogP contribution in [-0.2, 0) is 16.0 Å². The van der Waals surface area contributed by atoms with Gasteiger partial charge in [-0.2, -0.15) is 0 Å². The molecule has 0 aliphatic heterocycles. The van der Waals surface area contributed by atoms with Gasteiger partial charge in [-0.25, -0.2) is 0 Å². The van der Waals surface area contributed by atoms with Gasteiger partial charge < -0.3 is 4.74 Å². The van der Waals surface area contributed by atoms with Crippen LogP contribution in [0.1, 0.15) is 39.2 Å². The van der Waals surface area contributed by atoms with Crippen LogP contribution < -0.4 is 0 Å². The van der Waals surface area contributed by atoms with Gasteiger partial charge in [-0.05, 0) is 47.3 Å². The summed E-state index contributed by atoms with van der Waals surface area (Å²) in [5.74, 6) is 0.134. The molecular weight excluding hydrogens is 294 g/mol. The number of pyridine rings is 1. The molecule has 1 heterocycles. The molecule has 3 nitrogen and oxygen atoms in total. The van der Waals surface area contributed by atoms with Crippen LogP contribution in [0.15, 0.2) is 22.9 Å². The van der Waals surface area contributed by atoms with Gasteiger partial charge in [0.1, 0.15) is 5.60 Å². The second-order valence-corrected chi connectivity index (χ2v) is 5.16. The second kappa shape index (κ2) is 7.00. The van der Waals surface area contributed by atoms with Crippen LogP contribution in [0, 0.1) is 0 Å². The SMILES string of the molecule is CCOC(CC)(CC)C(=O)Cc1cncc(Br)c1. The van der Waals surface area contributed by atoms with Gasteiger partial charge >= 0.3 is 0 Å². The fourth-order valence-electron chi connectivity index (χ4n) is 2.10. The van der Waals surface area contributed by atoms with Crippen molar-refractivity contribution in [2.24, 2.45) is 0 Å². The minimum absolute atomic E-state index is 0.134. The van der Waals surface area contributed by atoms with Crippen LogP contribution in [0.4, 0.5) is 0 Å². The Morgan fingerprint density at radius 3 is 2.50 bits per heavy atom. The molecule has 0 radical (unpaired) electrons. The second-order valence-electron chi connectivity index (χ2n) is 4.25. The Bertz CT molecular complexity index is 403. The highest BCUT2D eigenvalue weighted by atomic mass is 79.9. The van der Waals surface area contributed by atoms with E-state index in [1.54, 1.807) is 12.4 Å². The summed E-state index contributed by atoms with van der Waals surface area (Å²) in [6, 6.07) is 1.92. The number of carbonyl (C=O) groups excluding carboxylic acids is 1. The van der Waals surface area contributed by atoms with Crippen molar-refractivity contribution < 1.29 is 9.53 Å². The van der Waals surface area contributed by atoms with E-state index in [4.69, 9.17) is 4.74 Å². The van der Waals surface area contributed by atoms with Gasteiger partial charge in [0.2, 0.25) is 0 Å². The number of aromatic nitrogens is 1. The molecule has 100 valence electrons. The first kappa shape index (κ1) is 15.3. The molecule has 4 heteroatoms. The van der Waals surface area contributed by atoms with E-state index in [1.165, 1.54) is 0 Å². The molecule has 0 fully saturated rings. The third kappa shape index (κ3) is 3.62. The van der Waals surface area contributed by atoms with Gasteiger partial charge in [-0.1, -0.05) is 13.8 Å². The van der Waals surface area contributed by atoms with Gasteiger partial charge in [0.25, 0.3) is 0 Å². The zero-order valence-corrected chi connectivity index (χ0v) is 12.8.